The summed E-state index contributed by atoms with van der Waals surface area (Å²) in [5.74, 6) is -0.204. The Balaban J connectivity index is 1.75. The average molecular weight is 408 g/mol. The molecule has 0 unspecified atom stereocenters. The number of primary sulfonamides is 1. The number of rotatable bonds is 5. The van der Waals surface area contributed by atoms with Gasteiger partial charge in [-0.25, -0.2) is 18.5 Å². The molecule has 1 atom stereocenters. The number of hydrogen-bond donors (Lipinski definition) is 2. The second kappa shape index (κ2) is 7.28. The van der Waals surface area contributed by atoms with Gasteiger partial charge in [0, 0.05) is 10.9 Å². The molecular weight excluding hydrogens is 390 g/mol. The summed E-state index contributed by atoms with van der Waals surface area (Å²) in [7, 11) is -3.73. The maximum atomic E-state index is 12.6. The lowest BCUT2D eigenvalue weighted by molar-refractivity contribution is 0.0943. The van der Waals surface area contributed by atoms with Gasteiger partial charge in [-0.15, -0.1) is 11.3 Å². The maximum Gasteiger partial charge on any atom is 0.263 e. The van der Waals surface area contributed by atoms with Gasteiger partial charge in [0.05, 0.1) is 16.6 Å². The van der Waals surface area contributed by atoms with E-state index in [4.69, 9.17) is 5.14 Å². The van der Waals surface area contributed by atoms with E-state index in [2.05, 4.69) is 10.3 Å². The lowest BCUT2D eigenvalue weighted by Crippen LogP contribution is -2.26. The number of carbonyl (C=O) groups excluding carboxylic acids is 1. The molecule has 1 amide bonds. The fourth-order valence-corrected chi connectivity index (χ4v) is 4.60. The molecule has 0 radical (unpaired) electrons. The molecule has 0 spiro atoms. The van der Waals surface area contributed by atoms with E-state index in [1.165, 1.54) is 23.5 Å². The molecule has 136 valence electrons. The normalized spacial score (nSPS) is 12.7. The number of benzene rings is 1. The van der Waals surface area contributed by atoms with Gasteiger partial charge in [0.2, 0.25) is 10.0 Å². The number of nitrogens with one attached hydrogen (secondary N) is 1. The van der Waals surface area contributed by atoms with Crippen LogP contribution in [0.1, 0.15) is 33.9 Å². The first-order valence-corrected chi connectivity index (χ1v) is 11.0. The minimum Gasteiger partial charge on any atom is -0.345 e. The van der Waals surface area contributed by atoms with Crippen molar-refractivity contribution in [3.05, 3.63) is 57.2 Å². The monoisotopic (exact) mass is 407 g/mol. The van der Waals surface area contributed by atoms with Crippen molar-refractivity contribution >= 4 is 38.6 Å². The maximum absolute atomic E-state index is 12.6. The molecular formula is C17H17N3O3S3. The number of aryl methyl sites for hydroxylation is 1. The summed E-state index contributed by atoms with van der Waals surface area (Å²) in [6, 6.07) is 7.82. The largest absolute Gasteiger partial charge is 0.345 e. The summed E-state index contributed by atoms with van der Waals surface area (Å²) in [6.07, 6.45) is 0. The first-order chi connectivity index (χ1) is 12.3. The first-order valence-electron chi connectivity index (χ1n) is 7.69. The van der Waals surface area contributed by atoms with Crippen LogP contribution in [-0.4, -0.2) is 19.3 Å². The minimum absolute atomic E-state index is 0.0403. The number of carbonyl (C=O) groups is 1. The van der Waals surface area contributed by atoms with Crippen LogP contribution in [0.25, 0.3) is 10.6 Å². The number of thiophene rings is 1. The van der Waals surface area contributed by atoms with Crippen LogP contribution in [0, 0.1) is 6.92 Å². The third-order valence-electron chi connectivity index (χ3n) is 3.83. The second-order valence-corrected chi connectivity index (χ2v) is 9.10. The van der Waals surface area contributed by atoms with Crippen molar-refractivity contribution in [3.8, 4) is 10.6 Å². The smallest absolute Gasteiger partial charge is 0.263 e. The van der Waals surface area contributed by atoms with Crippen LogP contribution in [0.3, 0.4) is 0 Å². The van der Waals surface area contributed by atoms with Crippen molar-refractivity contribution in [2.45, 2.75) is 24.8 Å². The van der Waals surface area contributed by atoms with Crippen molar-refractivity contribution in [3.63, 3.8) is 0 Å². The van der Waals surface area contributed by atoms with E-state index >= 15 is 0 Å². The number of nitrogens with two attached hydrogens (primary N) is 1. The molecule has 0 fully saturated rings. The quantitative estimate of drug-likeness (QED) is 0.677. The molecule has 0 aliphatic rings. The van der Waals surface area contributed by atoms with Crippen LogP contribution >= 0.6 is 22.7 Å². The standard InChI is InChI=1S/C17H17N3O3S3/c1-10(12-3-5-14(6-4-12)26(18,22)23)19-16(21)15-11(2)20-17(25-15)13-7-8-24-9-13/h3-10H,1-2H3,(H,19,21)(H2,18,22,23)/t10-/m0/s1. The second-order valence-electron chi connectivity index (χ2n) is 5.75. The van der Waals surface area contributed by atoms with Crippen LogP contribution in [-0.2, 0) is 10.0 Å². The summed E-state index contributed by atoms with van der Waals surface area (Å²) in [5.41, 5.74) is 2.48. The highest BCUT2D eigenvalue weighted by Gasteiger charge is 2.19. The summed E-state index contributed by atoms with van der Waals surface area (Å²) in [6.45, 7) is 3.65. The highest BCUT2D eigenvalue weighted by molar-refractivity contribution is 7.89. The van der Waals surface area contributed by atoms with Gasteiger partial charge >= 0.3 is 0 Å². The molecule has 0 aliphatic carbocycles. The Morgan fingerprint density at radius 1 is 1.23 bits per heavy atom. The van der Waals surface area contributed by atoms with Crippen LogP contribution in [0.4, 0.5) is 0 Å². The zero-order valence-corrected chi connectivity index (χ0v) is 16.5. The molecule has 3 aromatic rings. The molecule has 0 saturated carbocycles. The van der Waals surface area contributed by atoms with E-state index < -0.39 is 10.0 Å². The number of aromatic nitrogens is 1. The van der Waals surface area contributed by atoms with Crippen LogP contribution < -0.4 is 10.5 Å². The predicted molar refractivity (Wildman–Crippen MR) is 104 cm³/mol. The number of hydrogen-bond acceptors (Lipinski definition) is 6. The van der Waals surface area contributed by atoms with Gasteiger partial charge in [-0.05, 0) is 43.0 Å². The summed E-state index contributed by atoms with van der Waals surface area (Å²) >= 11 is 2.94. The third kappa shape index (κ3) is 4.01. The van der Waals surface area contributed by atoms with E-state index in [0.717, 1.165) is 16.1 Å². The molecule has 26 heavy (non-hydrogen) atoms. The fraction of sp³-hybridized carbons (Fsp3) is 0.176. The Kier molecular flexibility index (Phi) is 5.24. The molecule has 3 rings (SSSR count). The molecule has 1 aromatic carbocycles. The van der Waals surface area contributed by atoms with Gasteiger partial charge in [0.1, 0.15) is 9.88 Å². The Morgan fingerprint density at radius 3 is 2.50 bits per heavy atom. The van der Waals surface area contributed by atoms with Gasteiger partial charge in [-0.3, -0.25) is 4.79 Å². The molecule has 6 nitrogen and oxygen atoms in total. The zero-order valence-electron chi connectivity index (χ0n) is 14.1. The first kappa shape index (κ1) is 18.7. The lowest BCUT2D eigenvalue weighted by Gasteiger charge is -2.14. The average Bonchev–Trinajstić information content (AvgIpc) is 3.23. The lowest BCUT2D eigenvalue weighted by atomic mass is 10.1. The summed E-state index contributed by atoms with van der Waals surface area (Å²) in [5, 5.41) is 12.8. The third-order valence-corrected chi connectivity index (χ3v) is 6.64. The van der Waals surface area contributed by atoms with E-state index in [9.17, 15) is 13.2 Å². The zero-order chi connectivity index (χ0) is 18.9. The number of nitrogens with zero attached hydrogens (tertiary/aromatic N) is 1. The Bertz CT molecular complexity index is 1020. The molecule has 0 aliphatic heterocycles. The highest BCUT2D eigenvalue weighted by atomic mass is 32.2. The molecule has 2 aromatic heterocycles. The topological polar surface area (TPSA) is 102 Å². The molecule has 2 heterocycles. The number of thiazole rings is 1. The molecule has 0 bridgehead atoms. The highest BCUT2D eigenvalue weighted by Crippen LogP contribution is 2.29. The number of sulfonamides is 1. The predicted octanol–water partition coefficient (Wildman–Crippen LogP) is 3.32. The SMILES string of the molecule is Cc1nc(-c2ccsc2)sc1C(=O)N[C@@H](C)c1ccc(S(N)(=O)=O)cc1. The van der Waals surface area contributed by atoms with Crippen LogP contribution in [0.5, 0.6) is 0 Å². The van der Waals surface area contributed by atoms with Gasteiger partial charge in [-0.1, -0.05) is 12.1 Å². The minimum atomic E-state index is -3.73. The van der Waals surface area contributed by atoms with Gasteiger partial charge < -0.3 is 5.32 Å². The fourth-order valence-electron chi connectivity index (χ4n) is 2.41. The van der Waals surface area contributed by atoms with Crippen molar-refractivity contribution in [1.29, 1.82) is 0 Å². The molecule has 0 saturated heterocycles. The van der Waals surface area contributed by atoms with Crippen molar-refractivity contribution < 1.29 is 13.2 Å². The Morgan fingerprint density at radius 2 is 1.92 bits per heavy atom. The van der Waals surface area contributed by atoms with Crippen LogP contribution in [0.2, 0.25) is 0 Å². The van der Waals surface area contributed by atoms with E-state index in [-0.39, 0.29) is 16.8 Å². The van der Waals surface area contributed by atoms with E-state index in [1.807, 2.05) is 30.7 Å². The summed E-state index contributed by atoms with van der Waals surface area (Å²) in [4.78, 5) is 17.7. The van der Waals surface area contributed by atoms with Gasteiger partial charge in [-0.2, -0.15) is 11.3 Å². The molecule has 3 N–H and O–H groups in total. The summed E-state index contributed by atoms with van der Waals surface area (Å²) < 4.78 is 22.6. The van der Waals surface area contributed by atoms with Gasteiger partial charge in [0.25, 0.3) is 5.91 Å². The number of amides is 1. The van der Waals surface area contributed by atoms with Gasteiger partial charge in [0.15, 0.2) is 0 Å². The van der Waals surface area contributed by atoms with Crippen molar-refractivity contribution in [1.82, 2.24) is 10.3 Å². The molecule has 9 heteroatoms. The Hall–Kier alpha value is -2.07. The van der Waals surface area contributed by atoms with Crippen LogP contribution in [0.15, 0.2) is 46.0 Å². The van der Waals surface area contributed by atoms with Crippen molar-refractivity contribution in [2.75, 3.05) is 0 Å². The Labute approximate surface area is 159 Å². The van der Waals surface area contributed by atoms with E-state index in [0.29, 0.717) is 10.6 Å². The van der Waals surface area contributed by atoms with E-state index in [1.54, 1.807) is 23.5 Å². The van der Waals surface area contributed by atoms with Crippen molar-refractivity contribution in [2.24, 2.45) is 5.14 Å².